The van der Waals surface area contributed by atoms with Gasteiger partial charge < -0.3 is 10.4 Å². The lowest BCUT2D eigenvalue weighted by atomic mass is 10.1. The van der Waals surface area contributed by atoms with Gasteiger partial charge in [-0.05, 0) is 6.92 Å². The van der Waals surface area contributed by atoms with Crippen LogP contribution in [-0.4, -0.2) is 23.7 Å². The highest BCUT2D eigenvalue weighted by atomic mass is 19.2. The average molecular weight is 269 g/mol. The summed E-state index contributed by atoms with van der Waals surface area (Å²) >= 11 is 0. The predicted octanol–water partition coefficient (Wildman–Crippen LogP) is 1.49. The van der Waals surface area contributed by atoms with Crippen LogP contribution in [0.5, 0.6) is 0 Å². The van der Waals surface area contributed by atoms with Gasteiger partial charge in [-0.2, -0.15) is 0 Å². The summed E-state index contributed by atoms with van der Waals surface area (Å²) in [7, 11) is 0. The normalized spacial score (nSPS) is 12.4. The predicted molar refractivity (Wildman–Crippen MR) is 50.2 cm³/mol. The molecule has 0 radical (unpaired) electrons. The van der Waals surface area contributed by atoms with Crippen molar-refractivity contribution in [2.45, 2.75) is 13.0 Å². The molecule has 3 nitrogen and oxygen atoms in total. The summed E-state index contributed by atoms with van der Waals surface area (Å²) in [5.74, 6) is -12.7. The molecule has 1 aromatic carbocycles. The largest absolute Gasteiger partial charge is 0.394 e. The fourth-order valence-electron chi connectivity index (χ4n) is 1.15. The molecular weight excluding hydrogens is 261 g/mol. The second-order valence-corrected chi connectivity index (χ2v) is 3.50. The molecule has 2 N–H and O–H groups in total. The summed E-state index contributed by atoms with van der Waals surface area (Å²) in [4.78, 5) is 11.3. The number of amides is 1. The number of nitrogens with one attached hydrogen (secondary N) is 1. The molecule has 0 aliphatic rings. The maximum Gasteiger partial charge on any atom is 0.257 e. The van der Waals surface area contributed by atoms with Gasteiger partial charge in [-0.15, -0.1) is 0 Å². The summed E-state index contributed by atoms with van der Waals surface area (Å²) < 4.78 is 64.6. The zero-order valence-corrected chi connectivity index (χ0v) is 9.03. The third-order valence-electron chi connectivity index (χ3n) is 2.09. The molecule has 8 heteroatoms. The van der Waals surface area contributed by atoms with E-state index in [1.807, 2.05) is 5.32 Å². The summed E-state index contributed by atoms with van der Waals surface area (Å²) in [6.45, 7) is 0.727. The molecule has 100 valence electrons. The number of halogens is 5. The minimum atomic E-state index is -2.34. The Labute approximate surface area is 98.2 Å². The Hall–Kier alpha value is -1.70. The molecule has 1 rings (SSSR count). The first-order chi connectivity index (χ1) is 8.31. The fraction of sp³-hybridized carbons (Fsp3) is 0.300. The molecule has 0 aliphatic heterocycles. The highest BCUT2D eigenvalue weighted by Gasteiger charge is 2.29. The van der Waals surface area contributed by atoms with Crippen LogP contribution in [0.3, 0.4) is 0 Å². The summed E-state index contributed by atoms with van der Waals surface area (Å²) in [6, 6.07) is -0.896. The van der Waals surface area contributed by atoms with Crippen molar-refractivity contribution in [3.05, 3.63) is 34.6 Å². The second-order valence-electron chi connectivity index (χ2n) is 3.50. The monoisotopic (exact) mass is 269 g/mol. The minimum absolute atomic E-state index is 0.554. The number of aliphatic hydroxyl groups is 1. The molecule has 0 bridgehead atoms. The Morgan fingerprint density at radius 3 is 1.83 bits per heavy atom. The number of aliphatic hydroxyl groups excluding tert-OH is 1. The van der Waals surface area contributed by atoms with Gasteiger partial charge >= 0.3 is 0 Å². The average Bonchev–Trinajstić information content (AvgIpc) is 2.34. The highest BCUT2D eigenvalue weighted by Crippen LogP contribution is 2.22. The Morgan fingerprint density at radius 1 is 1.06 bits per heavy atom. The summed E-state index contributed by atoms with van der Waals surface area (Å²) in [5.41, 5.74) is -1.58. The van der Waals surface area contributed by atoms with E-state index in [9.17, 15) is 26.7 Å². The van der Waals surface area contributed by atoms with Gasteiger partial charge in [0.1, 0.15) is 5.56 Å². The van der Waals surface area contributed by atoms with Crippen LogP contribution in [0.15, 0.2) is 0 Å². The number of hydrogen-bond acceptors (Lipinski definition) is 2. The number of carbonyl (C=O) groups excluding carboxylic acids is 1. The highest BCUT2D eigenvalue weighted by molar-refractivity contribution is 5.95. The Balaban J connectivity index is 3.29. The first kappa shape index (κ1) is 14.4. The molecular formula is C10H8F5NO2. The molecule has 0 heterocycles. The van der Waals surface area contributed by atoms with Crippen molar-refractivity contribution in [1.29, 1.82) is 0 Å². The zero-order chi connectivity index (χ0) is 14.0. The smallest absolute Gasteiger partial charge is 0.257 e. The molecule has 0 spiro atoms. The second kappa shape index (κ2) is 5.30. The zero-order valence-electron chi connectivity index (χ0n) is 9.03. The third-order valence-corrected chi connectivity index (χ3v) is 2.09. The van der Waals surface area contributed by atoms with Crippen LogP contribution < -0.4 is 5.32 Å². The number of hydrogen-bond donors (Lipinski definition) is 2. The van der Waals surface area contributed by atoms with E-state index >= 15 is 0 Å². The third kappa shape index (κ3) is 2.42. The van der Waals surface area contributed by atoms with Gasteiger partial charge in [0.25, 0.3) is 5.91 Å². The number of benzene rings is 1. The van der Waals surface area contributed by atoms with E-state index in [4.69, 9.17) is 5.11 Å². The van der Waals surface area contributed by atoms with E-state index < -0.39 is 53.2 Å². The minimum Gasteiger partial charge on any atom is -0.394 e. The summed E-state index contributed by atoms with van der Waals surface area (Å²) in [5, 5.41) is 10.5. The van der Waals surface area contributed by atoms with Crippen molar-refractivity contribution in [3.63, 3.8) is 0 Å². The van der Waals surface area contributed by atoms with E-state index in [0.29, 0.717) is 0 Å². The lowest BCUT2D eigenvalue weighted by molar-refractivity contribution is 0.0910. The van der Waals surface area contributed by atoms with E-state index in [1.165, 1.54) is 6.92 Å². The number of carbonyl (C=O) groups is 1. The fourth-order valence-corrected chi connectivity index (χ4v) is 1.15. The van der Waals surface area contributed by atoms with Crippen LogP contribution in [-0.2, 0) is 0 Å². The topological polar surface area (TPSA) is 49.3 Å². The van der Waals surface area contributed by atoms with Crippen molar-refractivity contribution < 1.29 is 31.9 Å². The lowest BCUT2D eigenvalue weighted by Gasteiger charge is -2.12. The standard InChI is InChI=1S/C10H8F5NO2/c1-3(2-17)16-10(18)4-5(11)7(13)9(15)8(14)6(4)12/h3,17H,2H2,1H3,(H,16,18). The quantitative estimate of drug-likeness (QED) is 0.496. The number of rotatable bonds is 3. The van der Waals surface area contributed by atoms with Gasteiger partial charge in [-0.3, -0.25) is 4.79 Å². The van der Waals surface area contributed by atoms with Gasteiger partial charge in [-0.25, -0.2) is 22.0 Å². The van der Waals surface area contributed by atoms with Crippen LogP contribution in [0.1, 0.15) is 17.3 Å². The maximum absolute atomic E-state index is 13.2. The van der Waals surface area contributed by atoms with Gasteiger partial charge in [0.15, 0.2) is 23.3 Å². The van der Waals surface area contributed by atoms with E-state index in [2.05, 4.69) is 0 Å². The van der Waals surface area contributed by atoms with Crippen LogP contribution >= 0.6 is 0 Å². The van der Waals surface area contributed by atoms with E-state index in [-0.39, 0.29) is 0 Å². The van der Waals surface area contributed by atoms with Crippen molar-refractivity contribution in [2.24, 2.45) is 0 Å². The SMILES string of the molecule is CC(CO)NC(=O)c1c(F)c(F)c(F)c(F)c1F. The molecule has 1 atom stereocenters. The molecule has 18 heavy (non-hydrogen) atoms. The molecule has 1 amide bonds. The van der Waals surface area contributed by atoms with Crippen molar-refractivity contribution in [3.8, 4) is 0 Å². The Bertz CT molecular complexity index is 463. The van der Waals surface area contributed by atoms with Crippen LogP contribution in [0.25, 0.3) is 0 Å². The van der Waals surface area contributed by atoms with Gasteiger partial charge in [0.05, 0.1) is 6.61 Å². The first-order valence-electron chi connectivity index (χ1n) is 4.74. The van der Waals surface area contributed by atoms with Crippen LogP contribution in [0.2, 0.25) is 0 Å². The molecule has 0 aliphatic carbocycles. The lowest BCUT2D eigenvalue weighted by Crippen LogP contribution is -2.36. The molecule has 1 aromatic rings. The van der Waals surface area contributed by atoms with Crippen molar-refractivity contribution in [1.82, 2.24) is 5.32 Å². The van der Waals surface area contributed by atoms with Gasteiger partial charge in [0, 0.05) is 6.04 Å². The van der Waals surface area contributed by atoms with E-state index in [0.717, 1.165) is 0 Å². The maximum atomic E-state index is 13.2. The van der Waals surface area contributed by atoms with Crippen LogP contribution in [0.4, 0.5) is 22.0 Å². The molecule has 0 aromatic heterocycles. The molecule has 0 saturated heterocycles. The van der Waals surface area contributed by atoms with Gasteiger partial charge in [-0.1, -0.05) is 0 Å². The van der Waals surface area contributed by atoms with E-state index in [1.54, 1.807) is 0 Å². The van der Waals surface area contributed by atoms with Crippen molar-refractivity contribution >= 4 is 5.91 Å². The molecule has 0 saturated carbocycles. The first-order valence-corrected chi connectivity index (χ1v) is 4.74. The summed E-state index contributed by atoms with van der Waals surface area (Å²) in [6.07, 6.45) is 0. The molecule has 0 fully saturated rings. The van der Waals surface area contributed by atoms with Crippen molar-refractivity contribution in [2.75, 3.05) is 6.61 Å². The molecule has 1 unspecified atom stereocenters. The van der Waals surface area contributed by atoms with Crippen LogP contribution in [0, 0.1) is 29.1 Å². The Kier molecular flexibility index (Phi) is 4.23. The van der Waals surface area contributed by atoms with Gasteiger partial charge in [0.2, 0.25) is 5.82 Å². The Morgan fingerprint density at radius 2 is 1.44 bits per heavy atom.